The Hall–Kier alpha value is -1.96. The number of carbonyl (C=O) groups is 2. The van der Waals surface area contributed by atoms with Crippen molar-refractivity contribution < 1.29 is 72.1 Å². The Labute approximate surface area is 170 Å². The third-order valence-corrected chi connectivity index (χ3v) is 5.25. The van der Waals surface area contributed by atoms with E-state index in [9.17, 15) is 41.0 Å². The van der Waals surface area contributed by atoms with Gasteiger partial charge >= 0.3 is 37.2 Å². The summed E-state index contributed by atoms with van der Waals surface area (Å²) in [5.41, 5.74) is -11.7. The van der Waals surface area contributed by atoms with Gasteiger partial charge in [0.25, 0.3) is 0 Å². The summed E-state index contributed by atoms with van der Waals surface area (Å²) in [6.07, 6.45) is 1.14. The number of hydrogen-bond acceptors (Lipinski definition) is 7. The lowest BCUT2D eigenvalue weighted by Crippen LogP contribution is -2.57. The molecule has 0 aromatic carbocycles. The van der Waals surface area contributed by atoms with Gasteiger partial charge in [0.1, 0.15) is 5.70 Å². The molecule has 2 heterocycles. The average molecular weight is 511 g/mol. The monoisotopic (exact) mass is 511 g/mol. The molecule has 4 N–H and O–H groups in total. The molecular weight excluding hydrogens is 496 g/mol. The van der Waals surface area contributed by atoms with Gasteiger partial charge in [0.15, 0.2) is 0 Å². The molecular formula is C12H15F6NO10S2. The number of carboxylic acids is 1. The van der Waals surface area contributed by atoms with Gasteiger partial charge in [-0.3, -0.25) is 13.9 Å². The summed E-state index contributed by atoms with van der Waals surface area (Å²) in [6, 6.07) is -0.198. The lowest BCUT2D eigenvalue weighted by molar-refractivity contribution is -0.152. The first-order chi connectivity index (χ1) is 13.4. The third kappa shape index (κ3) is 6.76. The Morgan fingerprint density at radius 3 is 1.58 bits per heavy atom. The summed E-state index contributed by atoms with van der Waals surface area (Å²) in [6.45, 7) is 3.39. The minimum atomic E-state index is -5.84. The van der Waals surface area contributed by atoms with Crippen molar-refractivity contribution in [2.75, 3.05) is 0 Å². The molecule has 2 aliphatic heterocycles. The second-order valence-corrected chi connectivity index (χ2v) is 9.03. The van der Waals surface area contributed by atoms with Crippen molar-refractivity contribution >= 4 is 32.1 Å². The number of carboxylic acid groups (broad SMARTS) is 1. The van der Waals surface area contributed by atoms with E-state index in [4.69, 9.17) is 31.0 Å². The van der Waals surface area contributed by atoms with Crippen molar-refractivity contribution in [2.45, 2.75) is 43.4 Å². The fraction of sp³-hybridized carbons (Fsp3) is 0.667. The Kier molecular flexibility index (Phi) is 8.32. The smallest absolute Gasteiger partial charge is 0.477 e. The maximum absolute atomic E-state index is 11.3. The number of aliphatic hydroxyl groups is 1. The van der Waals surface area contributed by atoms with Crippen LogP contribution in [0.4, 0.5) is 26.3 Å². The predicted molar refractivity (Wildman–Crippen MR) is 86.0 cm³/mol. The first kappa shape index (κ1) is 29.0. The molecule has 1 amide bonds. The van der Waals surface area contributed by atoms with Gasteiger partial charge in [-0.25, -0.2) is 4.79 Å². The van der Waals surface area contributed by atoms with E-state index >= 15 is 0 Å². The van der Waals surface area contributed by atoms with Crippen LogP contribution in [0.1, 0.15) is 20.3 Å². The molecule has 31 heavy (non-hydrogen) atoms. The SMILES string of the molecule is C[C@@H](O)C1(C)C=C(C(=O)O)N2C(=O)C[C@H]21.O=S(=O)(O)C(F)(F)F.O=S(=O)(O)C(F)(F)F. The van der Waals surface area contributed by atoms with Gasteiger partial charge in [-0.2, -0.15) is 43.2 Å². The molecule has 0 spiro atoms. The number of halogens is 6. The fourth-order valence-corrected chi connectivity index (χ4v) is 2.24. The highest BCUT2D eigenvalue weighted by atomic mass is 32.2. The zero-order valence-corrected chi connectivity index (χ0v) is 16.8. The minimum absolute atomic E-state index is 0.000324. The lowest BCUT2D eigenvalue weighted by Gasteiger charge is -2.44. The number of β-lactam (4-membered cyclic amide) rings is 1. The van der Waals surface area contributed by atoms with E-state index < -0.39 is 48.7 Å². The summed E-state index contributed by atoms with van der Waals surface area (Å²) >= 11 is 0. The second kappa shape index (κ2) is 8.88. The molecule has 0 aromatic rings. The molecule has 1 saturated heterocycles. The number of aliphatic carboxylic acids is 1. The van der Waals surface area contributed by atoms with E-state index in [1.807, 2.05) is 0 Å². The molecule has 182 valence electrons. The standard InChI is InChI=1S/C10H13NO4.2CHF3O3S/c1-5(12)10(2)4-6(9(14)15)11-7(10)3-8(11)13;2*2-1(3,4)8(5,6)7/h4-5,7,12H,3H2,1-2H3,(H,14,15);2*(H,5,6,7)/t5-,7+,10?;;/m1../s1. The number of hydrogen-bond donors (Lipinski definition) is 4. The van der Waals surface area contributed by atoms with Crippen molar-refractivity contribution in [3.8, 4) is 0 Å². The molecule has 0 bridgehead atoms. The Bertz CT molecular complexity index is 911. The van der Waals surface area contributed by atoms with E-state index in [1.54, 1.807) is 13.8 Å². The molecule has 11 nitrogen and oxygen atoms in total. The van der Waals surface area contributed by atoms with Crippen LogP contribution in [0.2, 0.25) is 0 Å². The molecule has 1 fully saturated rings. The highest BCUT2D eigenvalue weighted by Crippen LogP contribution is 2.47. The van der Waals surface area contributed by atoms with E-state index in [0.29, 0.717) is 6.42 Å². The van der Waals surface area contributed by atoms with Gasteiger partial charge < -0.3 is 15.1 Å². The molecule has 0 saturated carbocycles. The summed E-state index contributed by atoms with van der Waals surface area (Å²) in [7, 11) is -11.7. The quantitative estimate of drug-likeness (QED) is 0.178. The molecule has 2 rings (SSSR count). The number of aliphatic hydroxyl groups excluding tert-OH is 1. The molecule has 0 radical (unpaired) electrons. The average Bonchev–Trinajstić information content (AvgIpc) is 2.73. The second-order valence-electron chi connectivity index (χ2n) is 6.20. The van der Waals surface area contributed by atoms with Gasteiger partial charge in [-0.15, -0.1) is 0 Å². The van der Waals surface area contributed by atoms with Gasteiger partial charge in [-0.1, -0.05) is 6.92 Å². The van der Waals surface area contributed by atoms with Crippen LogP contribution in [-0.2, 0) is 29.8 Å². The van der Waals surface area contributed by atoms with E-state index in [2.05, 4.69) is 0 Å². The number of alkyl halides is 6. The van der Waals surface area contributed by atoms with E-state index in [0.717, 1.165) is 0 Å². The minimum Gasteiger partial charge on any atom is -0.477 e. The molecule has 0 aliphatic carbocycles. The number of carbonyl (C=O) groups excluding carboxylic acids is 1. The lowest BCUT2D eigenvalue weighted by atomic mass is 9.75. The Morgan fingerprint density at radius 2 is 1.42 bits per heavy atom. The van der Waals surface area contributed by atoms with Crippen LogP contribution in [-0.4, -0.2) is 76.1 Å². The molecule has 0 aromatic heterocycles. The first-order valence-corrected chi connectivity index (χ1v) is 10.3. The Balaban J connectivity index is 0.000000483. The summed E-state index contributed by atoms with van der Waals surface area (Å²) < 4.78 is 115. The largest absolute Gasteiger partial charge is 0.522 e. The summed E-state index contributed by atoms with van der Waals surface area (Å²) in [5.74, 6) is -1.30. The molecule has 3 atom stereocenters. The van der Waals surface area contributed by atoms with Gasteiger partial charge in [0.05, 0.1) is 12.1 Å². The fourth-order valence-electron chi connectivity index (χ4n) is 2.24. The first-order valence-electron chi connectivity index (χ1n) is 7.41. The van der Waals surface area contributed by atoms with Crippen LogP contribution in [0.3, 0.4) is 0 Å². The topological polar surface area (TPSA) is 187 Å². The molecule has 2 aliphatic rings. The number of nitrogens with zero attached hydrogens (tertiary/aromatic N) is 1. The van der Waals surface area contributed by atoms with Crippen LogP contribution in [0.15, 0.2) is 11.8 Å². The van der Waals surface area contributed by atoms with Crippen molar-refractivity contribution in [1.29, 1.82) is 0 Å². The van der Waals surface area contributed by atoms with Crippen LogP contribution in [0.5, 0.6) is 0 Å². The predicted octanol–water partition coefficient (Wildman–Crippen LogP) is 0.744. The van der Waals surface area contributed by atoms with Crippen LogP contribution in [0.25, 0.3) is 0 Å². The van der Waals surface area contributed by atoms with E-state index in [1.165, 1.54) is 11.0 Å². The maximum atomic E-state index is 11.3. The van der Waals surface area contributed by atoms with Gasteiger partial charge in [-0.05, 0) is 13.0 Å². The van der Waals surface area contributed by atoms with Crippen LogP contribution >= 0.6 is 0 Å². The number of rotatable bonds is 2. The normalized spacial score (nSPS) is 24.5. The van der Waals surface area contributed by atoms with Gasteiger partial charge in [0.2, 0.25) is 5.91 Å². The summed E-state index contributed by atoms with van der Waals surface area (Å²) in [5, 5.41) is 18.6. The highest BCUT2D eigenvalue weighted by Gasteiger charge is 2.57. The van der Waals surface area contributed by atoms with Crippen molar-refractivity contribution in [2.24, 2.45) is 5.41 Å². The highest BCUT2D eigenvalue weighted by molar-refractivity contribution is 7.86. The maximum Gasteiger partial charge on any atom is 0.522 e. The van der Waals surface area contributed by atoms with Crippen molar-refractivity contribution in [1.82, 2.24) is 4.90 Å². The van der Waals surface area contributed by atoms with Crippen LogP contribution in [0, 0.1) is 5.41 Å². The zero-order chi connectivity index (χ0) is 25.4. The van der Waals surface area contributed by atoms with Crippen LogP contribution < -0.4 is 0 Å². The number of fused-ring (bicyclic) bond motifs is 1. The van der Waals surface area contributed by atoms with E-state index in [-0.39, 0.29) is 17.6 Å². The third-order valence-electron chi connectivity index (χ3n) is 4.08. The van der Waals surface area contributed by atoms with Crippen molar-refractivity contribution in [3.05, 3.63) is 11.8 Å². The molecule has 19 heteroatoms. The van der Waals surface area contributed by atoms with Crippen molar-refractivity contribution in [3.63, 3.8) is 0 Å². The molecule has 1 unspecified atom stereocenters. The number of amides is 1. The Morgan fingerprint density at radius 1 is 1.10 bits per heavy atom. The van der Waals surface area contributed by atoms with Gasteiger partial charge in [0, 0.05) is 11.8 Å². The summed E-state index contributed by atoms with van der Waals surface area (Å²) in [4.78, 5) is 23.5. The zero-order valence-electron chi connectivity index (χ0n) is 15.2.